The first-order valence-corrected chi connectivity index (χ1v) is 8.37. The molecule has 4 atom stereocenters. The van der Waals surface area contributed by atoms with Gasteiger partial charge in [0, 0.05) is 6.04 Å². The Labute approximate surface area is 123 Å². The van der Waals surface area contributed by atoms with Gasteiger partial charge in [-0.05, 0) is 37.3 Å². The van der Waals surface area contributed by atoms with Crippen LogP contribution in [0.25, 0.3) is 0 Å². The molecule has 2 aliphatic carbocycles. The minimum Gasteiger partial charge on any atom is -0.481 e. The van der Waals surface area contributed by atoms with Gasteiger partial charge in [0.2, 0.25) is 10.0 Å². The molecule has 21 heavy (non-hydrogen) atoms. The van der Waals surface area contributed by atoms with Gasteiger partial charge < -0.3 is 5.11 Å². The van der Waals surface area contributed by atoms with Crippen LogP contribution < -0.4 is 4.72 Å². The smallest absolute Gasteiger partial charge is 0.308 e. The Bertz CT molecular complexity index is 693. The Morgan fingerprint density at radius 1 is 1.19 bits per heavy atom. The van der Waals surface area contributed by atoms with E-state index in [9.17, 15) is 18.3 Å². The summed E-state index contributed by atoms with van der Waals surface area (Å²) in [5.41, 5.74) is 0.972. The van der Waals surface area contributed by atoms with Gasteiger partial charge in [0.1, 0.15) is 0 Å². The first kappa shape index (κ1) is 14.3. The molecule has 2 bridgehead atoms. The highest BCUT2D eigenvalue weighted by atomic mass is 32.2. The molecule has 112 valence electrons. The normalized spacial score (nSPS) is 30.7. The van der Waals surface area contributed by atoms with Crippen molar-refractivity contribution in [3.8, 4) is 0 Å². The van der Waals surface area contributed by atoms with Crippen molar-refractivity contribution >= 4 is 16.0 Å². The highest BCUT2D eigenvalue weighted by Gasteiger charge is 2.49. The van der Waals surface area contributed by atoms with E-state index in [0.29, 0.717) is 6.42 Å². The zero-order chi connectivity index (χ0) is 15.2. The minimum atomic E-state index is -3.70. The predicted molar refractivity (Wildman–Crippen MR) is 77.2 cm³/mol. The Kier molecular flexibility index (Phi) is 3.37. The van der Waals surface area contributed by atoms with Crippen molar-refractivity contribution in [3.05, 3.63) is 42.0 Å². The second-order valence-corrected chi connectivity index (χ2v) is 7.49. The zero-order valence-electron chi connectivity index (χ0n) is 11.6. The number of nitrogens with one attached hydrogen (secondary N) is 1. The Balaban J connectivity index is 1.87. The molecule has 3 rings (SSSR count). The third-order valence-corrected chi connectivity index (χ3v) is 5.84. The van der Waals surface area contributed by atoms with E-state index in [1.807, 2.05) is 19.1 Å². The van der Waals surface area contributed by atoms with Gasteiger partial charge in [0.25, 0.3) is 0 Å². The van der Waals surface area contributed by atoms with Crippen LogP contribution in [-0.2, 0) is 14.8 Å². The fraction of sp³-hybridized carbons (Fsp3) is 0.400. The second kappa shape index (κ2) is 4.96. The van der Waals surface area contributed by atoms with E-state index in [1.165, 1.54) is 12.1 Å². The van der Waals surface area contributed by atoms with Crippen molar-refractivity contribution in [3.63, 3.8) is 0 Å². The van der Waals surface area contributed by atoms with Crippen molar-refractivity contribution in [2.75, 3.05) is 0 Å². The molecule has 0 radical (unpaired) electrons. The summed E-state index contributed by atoms with van der Waals surface area (Å²) in [4.78, 5) is 11.6. The third kappa shape index (κ3) is 2.49. The molecule has 0 amide bonds. The Morgan fingerprint density at radius 2 is 1.81 bits per heavy atom. The first-order chi connectivity index (χ1) is 9.88. The molecule has 0 aromatic heterocycles. The fourth-order valence-corrected chi connectivity index (χ4v) is 4.59. The van der Waals surface area contributed by atoms with E-state index < -0.39 is 28.0 Å². The van der Waals surface area contributed by atoms with Gasteiger partial charge >= 0.3 is 5.97 Å². The molecule has 0 spiro atoms. The molecule has 0 saturated heterocycles. The number of hydrogen-bond donors (Lipinski definition) is 2. The van der Waals surface area contributed by atoms with Crippen molar-refractivity contribution < 1.29 is 18.3 Å². The van der Waals surface area contributed by atoms with Crippen LogP contribution in [0.4, 0.5) is 0 Å². The van der Waals surface area contributed by atoms with Crippen LogP contribution in [0.1, 0.15) is 12.0 Å². The maximum absolute atomic E-state index is 12.4. The van der Waals surface area contributed by atoms with Gasteiger partial charge in [-0.25, -0.2) is 13.1 Å². The molecular weight excluding hydrogens is 290 g/mol. The van der Waals surface area contributed by atoms with Crippen LogP contribution in [0, 0.1) is 24.7 Å². The Hall–Kier alpha value is -1.66. The first-order valence-electron chi connectivity index (χ1n) is 6.88. The number of aliphatic carboxylic acids is 1. The SMILES string of the molecule is Cc1ccc(S(=O)(=O)N[C@@H]2C3C=CC(C3)[C@H]2C(=O)O)cc1. The van der Waals surface area contributed by atoms with E-state index >= 15 is 0 Å². The second-order valence-electron chi connectivity index (χ2n) is 5.77. The lowest BCUT2D eigenvalue weighted by Crippen LogP contribution is -2.45. The number of carboxylic acids is 1. The molecule has 5 nitrogen and oxygen atoms in total. The summed E-state index contributed by atoms with van der Waals surface area (Å²) in [7, 11) is -3.70. The number of carboxylic acid groups (broad SMARTS) is 1. The highest BCUT2D eigenvalue weighted by Crippen LogP contribution is 2.44. The monoisotopic (exact) mass is 307 g/mol. The van der Waals surface area contributed by atoms with Crippen LogP contribution in [0.15, 0.2) is 41.3 Å². The van der Waals surface area contributed by atoms with E-state index in [4.69, 9.17) is 0 Å². The summed E-state index contributed by atoms with van der Waals surface area (Å²) in [5.74, 6) is -1.72. The van der Waals surface area contributed by atoms with E-state index in [2.05, 4.69) is 4.72 Å². The molecular formula is C15H17NO4S. The molecule has 2 unspecified atom stereocenters. The van der Waals surface area contributed by atoms with E-state index in [0.717, 1.165) is 5.56 Å². The maximum Gasteiger partial charge on any atom is 0.308 e. The summed E-state index contributed by atoms with van der Waals surface area (Å²) in [6.07, 6.45) is 4.52. The molecule has 2 aliphatic rings. The topological polar surface area (TPSA) is 83.5 Å². The summed E-state index contributed by atoms with van der Waals surface area (Å²) >= 11 is 0. The number of carbonyl (C=O) groups is 1. The van der Waals surface area contributed by atoms with Crippen molar-refractivity contribution in [1.82, 2.24) is 4.72 Å². The largest absolute Gasteiger partial charge is 0.481 e. The lowest BCUT2D eigenvalue weighted by Gasteiger charge is -2.25. The van der Waals surface area contributed by atoms with Crippen molar-refractivity contribution in [2.24, 2.45) is 17.8 Å². The Morgan fingerprint density at radius 3 is 2.43 bits per heavy atom. The van der Waals surface area contributed by atoms with Crippen LogP contribution >= 0.6 is 0 Å². The molecule has 0 aliphatic heterocycles. The van der Waals surface area contributed by atoms with Gasteiger partial charge in [-0.3, -0.25) is 4.79 Å². The van der Waals surface area contributed by atoms with E-state index in [1.54, 1.807) is 12.1 Å². The van der Waals surface area contributed by atoms with Gasteiger partial charge in [-0.15, -0.1) is 0 Å². The van der Waals surface area contributed by atoms with Crippen LogP contribution in [0.5, 0.6) is 0 Å². The predicted octanol–water partition coefficient (Wildman–Crippen LogP) is 1.55. The standard InChI is InChI=1S/C15H17NO4S/c1-9-2-6-12(7-3-9)21(19,20)16-14-11-5-4-10(8-11)13(14)15(17)18/h2-7,10-11,13-14,16H,8H2,1H3,(H,17,18)/t10?,11?,13-,14-/m1/s1. The number of benzene rings is 1. The highest BCUT2D eigenvalue weighted by molar-refractivity contribution is 7.89. The number of aryl methyl sites for hydroxylation is 1. The quantitative estimate of drug-likeness (QED) is 0.827. The molecule has 1 fully saturated rings. The van der Waals surface area contributed by atoms with Gasteiger partial charge in [0.15, 0.2) is 0 Å². The van der Waals surface area contributed by atoms with Crippen LogP contribution in [0.2, 0.25) is 0 Å². The van der Waals surface area contributed by atoms with E-state index in [-0.39, 0.29) is 16.7 Å². The van der Waals surface area contributed by atoms with Crippen molar-refractivity contribution in [1.29, 1.82) is 0 Å². The minimum absolute atomic E-state index is 0.0312. The molecule has 6 heteroatoms. The van der Waals surface area contributed by atoms with Gasteiger partial charge in [-0.2, -0.15) is 0 Å². The maximum atomic E-state index is 12.4. The number of sulfonamides is 1. The summed E-state index contributed by atoms with van der Waals surface area (Å²) in [5, 5.41) is 9.34. The third-order valence-electron chi connectivity index (χ3n) is 4.37. The average Bonchev–Trinajstić information content (AvgIpc) is 2.99. The van der Waals surface area contributed by atoms with Crippen molar-refractivity contribution in [2.45, 2.75) is 24.3 Å². The summed E-state index contributed by atoms with van der Waals surface area (Å²) < 4.78 is 27.4. The van der Waals surface area contributed by atoms with Crippen LogP contribution in [0.3, 0.4) is 0 Å². The molecule has 1 saturated carbocycles. The molecule has 2 N–H and O–H groups in total. The molecule has 0 heterocycles. The molecule has 1 aromatic rings. The average molecular weight is 307 g/mol. The zero-order valence-corrected chi connectivity index (χ0v) is 12.4. The lowest BCUT2D eigenvalue weighted by molar-refractivity contribution is -0.143. The summed E-state index contributed by atoms with van der Waals surface area (Å²) in [6, 6.07) is 5.96. The number of rotatable bonds is 4. The van der Waals surface area contributed by atoms with Gasteiger partial charge in [-0.1, -0.05) is 29.8 Å². The molecule has 1 aromatic carbocycles. The number of fused-ring (bicyclic) bond motifs is 2. The van der Waals surface area contributed by atoms with Gasteiger partial charge in [0.05, 0.1) is 10.8 Å². The van der Waals surface area contributed by atoms with Crippen LogP contribution in [-0.4, -0.2) is 25.5 Å². The number of hydrogen-bond acceptors (Lipinski definition) is 3. The fourth-order valence-electron chi connectivity index (χ4n) is 3.28. The summed E-state index contributed by atoms with van der Waals surface area (Å²) in [6.45, 7) is 1.88. The lowest BCUT2D eigenvalue weighted by atomic mass is 9.90. The number of allylic oxidation sites excluding steroid dienone is 1.